The molecule has 0 saturated carbocycles. The third kappa shape index (κ3) is 3.91. The molecule has 1 heterocycles. The SMILES string of the molecule is CCCNC1CCN(c2ccc(C)c(N(C)C)c2)C(C)C1. The first-order chi connectivity index (χ1) is 10.0. The quantitative estimate of drug-likeness (QED) is 0.896. The Kier molecular flexibility index (Phi) is 5.51. The molecule has 1 aliphatic heterocycles. The van der Waals surface area contributed by atoms with Gasteiger partial charge in [-0.05, 0) is 57.4 Å². The molecule has 2 rings (SSSR count). The maximum absolute atomic E-state index is 3.68. The highest BCUT2D eigenvalue weighted by Crippen LogP contribution is 2.29. The third-order valence-electron chi connectivity index (χ3n) is 4.57. The molecule has 2 atom stereocenters. The zero-order valence-electron chi connectivity index (χ0n) is 14.3. The van der Waals surface area contributed by atoms with Gasteiger partial charge in [0.05, 0.1) is 0 Å². The van der Waals surface area contributed by atoms with Crippen LogP contribution >= 0.6 is 0 Å². The minimum Gasteiger partial charge on any atom is -0.377 e. The fourth-order valence-corrected chi connectivity index (χ4v) is 3.35. The van der Waals surface area contributed by atoms with Gasteiger partial charge in [0.1, 0.15) is 0 Å². The average Bonchev–Trinajstić information content (AvgIpc) is 2.46. The molecule has 2 unspecified atom stereocenters. The van der Waals surface area contributed by atoms with Crippen LogP contribution in [0.15, 0.2) is 18.2 Å². The number of nitrogens with one attached hydrogen (secondary N) is 1. The molecular weight excluding hydrogens is 258 g/mol. The van der Waals surface area contributed by atoms with Crippen LogP contribution in [0.1, 0.15) is 38.7 Å². The van der Waals surface area contributed by atoms with Gasteiger partial charge in [-0.2, -0.15) is 0 Å². The number of piperidine rings is 1. The first-order valence-corrected chi connectivity index (χ1v) is 8.31. The fourth-order valence-electron chi connectivity index (χ4n) is 3.35. The van der Waals surface area contributed by atoms with E-state index in [9.17, 15) is 0 Å². The van der Waals surface area contributed by atoms with Crippen molar-refractivity contribution in [3.05, 3.63) is 23.8 Å². The summed E-state index contributed by atoms with van der Waals surface area (Å²) in [6.07, 6.45) is 3.71. The van der Waals surface area contributed by atoms with Crippen molar-refractivity contribution in [1.29, 1.82) is 0 Å². The average molecular weight is 289 g/mol. The maximum Gasteiger partial charge on any atom is 0.0411 e. The molecule has 1 aromatic carbocycles. The lowest BCUT2D eigenvalue weighted by Gasteiger charge is -2.40. The highest BCUT2D eigenvalue weighted by Gasteiger charge is 2.25. The van der Waals surface area contributed by atoms with Gasteiger partial charge in [0.15, 0.2) is 0 Å². The molecule has 1 aromatic rings. The molecule has 3 nitrogen and oxygen atoms in total. The summed E-state index contributed by atoms with van der Waals surface area (Å²) < 4.78 is 0. The van der Waals surface area contributed by atoms with Crippen LogP contribution in [0.4, 0.5) is 11.4 Å². The molecule has 1 fully saturated rings. The summed E-state index contributed by atoms with van der Waals surface area (Å²) in [5.74, 6) is 0. The molecule has 0 spiro atoms. The topological polar surface area (TPSA) is 18.5 Å². The Hall–Kier alpha value is -1.22. The fraction of sp³-hybridized carbons (Fsp3) is 0.667. The van der Waals surface area contributed by atoms with Crippen molar-refractivity contribution in [3.63, 3.8) is 0 Å². The Morgan fingerprint density at radius 3 is 2.71 bits per heavy atom. The van der Waals surface area contributed by atoms with Crippen molar-refractivity contribution >= 4 is 11.4 Å². The molecule has 0 aromatic heterocycles. The van der Waals surface area contributed by atoms with Crippen molar-refractivity contribution in [2.24, 2.45) is 0 Å². The van der Waals surface area contributed by atoms with E-state index in [1.807, 2.05) is 0 Å². The molecule has 0 radical (unpaired) electrons. The van der Waals surface area contributed by atoms with E-state index in [0.717, 1.165) is 13.1 Å². The van der Waals surface area contributed by atoms with Crippen LogP contribution < -0.4 is 15.1 Å². The minimum absolute atomic E-state index is 0.603. The van der Waals surface area contributed by atoms with E-state index in [-0.39, 0.29) is 0 Å². The second-order valence-corrected chi connectivity index (χ2v) is 6.58. The predicted octanol–water partition coefficient (Wildman–Crippen LogP) is 3.42. The van der Waals surface area contributed by atoms with Crippen LogP contribution in [0.3, 0.4) is 0 Å². The first kappa shape index (κ1) is 16.2. The lowest BCUT2D eigenvalue weighted by Crippen LogP contribution is -2.47. The summed E-state index contributed by atoms with van der Waals surface area (Å²) in [7, 11) is 4.24. The normalized spacial score (nSPS) is 22.4. The van der Waals surface area contributed by atoms with Gasteiger partial charge >= 0.3 is 0 Å². The second kappa shape index (κ2) is 7.17. The van der Waals surface area contributed by atoms with Gasteiger partial charge in [0, 0.05) is 44.1 Å². The van der Waals surface area contributed by atoms with Crippen LogP contribution in [0, 0.1) is 6.92 Å². The zero-order valence-corrected chi connectivity index (χ0v) is 14.3. The van der Waals surface area contributed by atoms with Crippen LogP contribution in [0.2, 0.25) is 0 Å². The second-order valence-electron chi connectivity index (χ2n) is 6.58. The number of rotatable bonds is 5. The molecule has 1 aliphatic rings. The van der Waals surface area contributed by atoms with E-state index in [1.165, 1.54) is 36.2 Å². The largest absolute Gasteiger partial charge is 0.377 e. The van der Waals surface area contributed by atoms with Crippen molar-refractivity contribution in [2.45, 2.75) is 52.1 Å². The summed E-state index contributed by atoms with van der Waals surface area (Å²) in [4.78, 5) is 4.77. The van der Waals surface area contributed by atoms with Gasteiger partial charge in [-0.25, -0.2) is 0 Å². The van der Waals surface area contributed by atoms with Crippen LogP contribution in [-0.4, -0.2) is 39.3 Å². The van der Waals surface area contributed by atoms with E-state index in [4.69, 9.17) is 0 Å². The number of hydrogen-bond donors (Lipinski definition) is 1. The van der Waals surface area contributed by atoms with Crippen LogP contribution in [0.25, 0.3) is 0 Å². The third-order valence-corrected chi connectivity index (χ3v) is 4.57. The number of nitrogens with zero attached hydrogens (tertiary/aromatic N) is 2. The van der Waals surface area contributed by atoms with Crippen LogP contribution in [-0.2, 0) is 0 Å². The molecule has 3 heteroatoms. The Bertz CT molecular complexity index is 456. The number of benzene rings is 1. The van der Waals surface area contributed by atoms with Crippen molar-refractivity contribution < 1.29 is 0 Å². The number of anilines is 2. The summed E-state index contributed by atoms with van der Waals surface area (Å²) in [6, 6.07) is 8.16. The lowest BCUT2D eigenvalue weighted by molar-refractivity contribution is 0.369. The molecule has 0 bridgehead atoms. The highest BCUT2D eigenvalue weighted by atomic mass is 15.2. The molecular formula is C18H31N3. The zero-order chi connectivity index (χ0) is 15.4. The highest BCUT2D eigenvalue weighted by molar-refractivity contribution is 5.63. The van der Waals surface area contributed by atoms with Gasteiger partial charge in [-0.1, -0.05) is 13.0 Å². The van der Waals surface area contributed by atoms with E-state index >= 15 is 0 Å². The summed E-state index contributed by atoms with van der Waals surface area (Å²) in [6.45, 7) is 9.07. The van der Waals surface area contributed by atoms with Crippen molar-refractivity contribution in [1.82, 2.24) is 5.32 Å². The molecule has 21 heavy (non-hydrogen) atoms. The van der Waals surface area contributed by atoms with E-state index in [0.29, 0.717) is 12.1 Å². The molecule has 0 aliphatic carbocycles. The van der Waals surface area contributed by atoms with E-state index in [2.05, 4.69) is 68.2 Å². The maximum atomic E-state index is 3.68. The van der Waals surface area contributed by atoms with Gasteiger partial charge in [0.25, 0.3) is 0 Å². The van der Waals surface area contributed by atoms with Gasteiger partial charge in [-0.15, -0.1) is 0 Å². The van der Waals surface area contributed by atoms with E-state index in [1.54, 1.807) is 0 Å². The summed E-state index contributed by atoms with van der Waals surface area (Å²) in [5.41, 5.74) is 4.03. The van der Waals surface area contributed by atoms with Gasteiger partial charge < -0.3 is 15.1 Å². The monoisotopic (exact) mass is 289 g/mol. The lowest BCUT2D eigenvalue weighted by atomic mass is 9.97. The van der Waals surface area contributed by atoms with Crippen LogP contribution in [0.5, 0.6) is 0 Å². The summed E-state index contributed by atoms with van der Waals surface area (Å²) in [5, 5.41) is 3.68. The Balaban J connectivity index is 2.07. The van der Waals surface area contributed by atoms with E-state index < -0.39 is 0 Å². The number of hydrogen-bond acceptors (Lipinski definition) is 3. The van der Waals surface area contributed by atoms with Gasteiger partial charge in [0.2, 0.25) is 0 Å². The smallest absolute Gasteiger partial charge is 0.0411 e. The standard InChI is InChI=1S/C18H31N3/c1-6-10-19-16-9-11-21(15(3)12-16)17-8-7-14(2)18(13-17)20(4)5/h7-8,13,15-16,19H,6,9-12H2,1-5H3. The predicted molar refractivity (Wildman–Crippen MR) is 93.6 cm³/mol. The molecule has 1 saturated heterocycles. The molecule has 0 amide bonds. The minimum atomic E-state index is 0.603. The first-order valence-electron chi connectivity index (χ1n) is 8.31. The summed E-state index contributed by atoms with van der Waals surface area (Å²) >= 11 is 0. The Morgan fingerprint density at radius 1 is 1.33 bits per heavy atom. The molecule has 1 N–H and O–H groups in total. The van der Waals surface area contributed by atoms with Crippen molar-refractivity contribution in [3.8, 4) is 0 Å². The molecule has 118 valence electrons. The van der Waals surface area contributed by atoms with Gasteiger partial charge in [-0.3, -0.25) is 0 Å². The van der Waals surface area contributed by atoms with Crippen molar-refractivity contribution in [2.75, 3.05) is 37.0 Å². The Morgan fingerprint density at radius 2 is 2.10 bits per heavy atom. The Labute approximate surface area is 130 Å². The number of aryl methyl sites for hydroxylation is 1.